The third kappa shape index (κ3) is 7.62. The SMILES string of the molecule is Cc1cc(Nc2nccc(C(F)(F)F)n2)cc(-c2cnc(C(O)C3CCCCC3)s2)c1.O=C(O)O. The molecule has 188 valence electrons. The van der Waals surface area contributed by atoms with Gasteiger partial charge in [-0.1, -0.05) is 25.3 Å². The number of rotatable bonds is 5. The first-order valence-electron chi connectivity index (χ1n) is 10.9. The van der Waals surface area contributed by atoms with Gasteiger partial charge in [0.25, 0.3) is 0 Å². The molecule has 2 heterocycles. The summed E-state index contributed by atoms with van der Waals surface area (Å²) in [4.78, 5) is 21.3. The van der Waals surface area contributed by atoms with Crippen molar-refractivity contribution in [1.29, 1.82) is 0 Å². The molecule has 8 nitrogen and oxygen atoms in total. The van der Waals surface area contributed by atoms with Crippen LogP contribution in [-0.2, 0) is 6.18 Å². The third-order valence-corrected chi connectivity index (χ3v) is 6.55. The summed E-state index contributed by atoms with van der Waals surface area (Å²) in [7, 11) is 0. The van der Waals surface area contributed by atoms with Crippen LogP contribution in [0.4, 0.5) is 29.6 Å². The maximum Gasteiger partial charge on any atom is 0.503 e. The van der Waals surface area contributed by atoms with E-state index in [0.717, 1.165) is 54.0 Å². The largest absolute Gasteiger partial charge is 0.503 e. The molecule has 0 radical (unpaired) electrons. The van der Waals surface area contributed by atoms with E-state index in [0.29, 0.717) is 10.7 Å². The van der Waals surface area contributed by atoms with E-state index in [9.17, 15) is 18.3 Å². The Labute approximate surface area is 203 Å². The van der Waals surface area contributed by atoms with E-state index < -0.39 is 24.1 Å². The average molecular weight is 511 g/mol. The highest BCUT2D eigenvalue weighted by Gasteiger charge is 2.32. The lowest BCUT2D eigenvalue weighted by atomic mass is 9.85. The summed E-state index contributed by atoms with van der Waals surface area (Å²) in [6, 6.07) is 6.44. The first kappa shape index (κ1) is 26.4. The molecule has 0 aliphatic heterocycles. The molecule has 1 aliphatic carbocycles. The highest BCUT2D eigenvalue weighted by Crippen LogP contribution is 2.38. The molecule has 0 spiro atoms. The van der Waals surface area contributed by atoms with Crippen LogP contribution in [0.15, 0.2) is 36.7 Å². The number of carbonyl (C=O) groups is 1. The second-order valence-electron chi connectivity index (χ2n) is 8.16. The second kappa shape index (κ2) is 11.5. The van der Waals surface area contributed by atoms with Crippen molar-refractivity contribution >= 4 is 29.1 Å². The molecular weight excluding hydrogens is 485 g/mol. The van der Waals surface area contributed by atoms with Gasteiger partial charge in [0.05, 0.1) is 4.88 Å². The lowest BCUT2D eigenvalue weighted by molar-refractivity contribution is -0.141. The number of benzene rings is 1. The van der Waals surface area contributed by atoms with Crippen LogP contribution in [0.3, 0.4) is 0 Å². The Balaban J connectivity index is 0.000000795. The van der Waals surface area contributed by atoms with Crippen LogP contribution in [-0.4, -0.2) is 36.4 Å². The maximum atomic E-state index is 12.9. The standard InChI is InChI=1S/C22H23F3N4OS.CH2O3/c1-13-9-15(17-12-27-20(31-17)19(30)14-5-3-2-4-6-14)11-16(10-13)28-21-26-8-7-18(29-21)22(23,24)25;2-1(3)4/h7-12,14,19,30H,2-6H2,1H3,(H,26,28,29);(H2,2,3,4). The minimum absolute atomic E-state index is 0.121. The Morgan fingerprint density at radius 3 is 2.49 bits per heavy atom. The Kier molecular flexibility index (Phi) is 8.62. The number of thiazole rings is 1. The van der Waals surface area contributed by atoms with Crippen molar-refractivity contribution in [2.45, 2.75) is 51.3 Å². The topological polar surface area (TPSA) is 128 Å². The van der Waals surface area contributed by atoms with Crippen LogP contribution in [0.25, 0.3) is 10.4 Å². The van der Waals surface area contributed by atoms with Crippen molar-refractivity contribution in [2.24, 2.45) is 5.92 Å². The fourth-order valence-electron chi connectivity index (χ4n) is 3.91. The van der Waals surface area contributed by atoms with Crippen molar-refractivity contribution < 1.29 is 33.3 Å². The predicted molar refractivity (Wildman–Crippen MR) is 125 cm³/mol. The van der Waals surface area contributed by atoms with E-state index >= 15 is 0 Å². The number of alkyl halides is 3. The van der Waals surface area contributed by atoms with E-state index in [4.69, 9.17) is 15.0 Å². The van der Waals surface area contributed by atoms with Gasteiger partial charge in [0.1, 0.15) is 16.8 Å². The molecule has 1 fully saturated rings. The van der Waals surface area contributed by atoms with Crippen LogP contribution in [0.1, 0.15) is 54.5 Å². The highest BCUT2D eigenvalue weighted by molar-refractivity contribution is 7.15. The minimum atomic E-state index is -4.53. The average Bonchev–Trinajstić information content (AvgIpc) is 3.28. The quantitative estimate of drug-likeness (QED) is 0.306. The highest BCUT2D eigenvalue weighted by atomic mass is 32.1. The van der Waals surface area contributed by atoms with Crippen LogP contribution in [0.2, 0.25) is 0 Å². The maximum absolute atomic E-state index is 12.9. The molecule has 1 saturated carbocycles. The molecule has 0 saturated heterocycles. The van der Waals surface area contributed by atoms with Gasteiger partial charge in [-0.2, -0.15) is 13.2 Å². The summed E-state index contributed by atoms with van der Waals surface area (Å²) in [5.41, 5.74) is 1.38. The van der Waals surface area contributed by atoms with Crippen molar-refractivity contribution in [1.82, 2.24) is 15.0 Å². The van der Waals surface area contributed by atoms with Gasteiger partial charge < -0.3 is 20.6 Å². The monoisotopic (exact) mass is 510 g/mol. The fraction of sp³-hybridized carbons (Fsp3) is 0.391. The lowest BCUT2D eigenvalue weighted by Crippen LogP contribution is -2.15. The van der Waals surface area contributed by atoms with Gasteiger partial charge in [0.2, 0.25) is 5.95 Å². The van der Waals surface area contributed by atoms with E-state index in [2.05, 4.69) is 20.3 Å². The van der Waals surface area contributed by atoms with Crippen molar-refractivity contribution in [2.75, 3.05) is 5.32 Å². The zero-order chi connectivity index (χ0) is 25.6. The van der Waals surface area contributed by atoms with Gasteiger partial charge in [-0.15, -0.1) is 11.3 Å². The van der Waals surface area contributed by atoms with Crippen LogP contribution in [0, 0.1) is 12.8 Å². The van der Waals surface area contributed by atoms with Crippen LogP contribution < -0.4 is 5.32 Å². The molecule has 1 atom stereocenters. The zero-order valence-corrected chi connectivity index (χ0v) is 19.6. The fourth-order valence-corrected chi connectivity index (χ4v) is 4.90. The number of carboxylic acid groups (broad SMARTS) is 2. The number of hydrogen-bond donors (Lipinski definition) is 4. The third-order valence-electron chi connectivity index (χ3n) is 5.44. The number of aliphatic hydroxyl groups is 1. The molecule has 4 rings (SSSR count). The number of aliphatic hydroxyl groups excluding tert-OH is 1. The molecule has 0 amide bonds. The second-order valence-corrected chi connectivity index (χ2v) is 9.23. The summed E-state index contributed by atoms with van der Waals surface area (Å²) in [6.07, 6.45) is 1.45. The Morgan fingerprint density at radius 2 is 1.83 bits per heavy atom. The van der Waals surface area contributed by atoms with Crippen molar-refractivity contribution in [3.63, 3.8) is 0 Å². The number of halogens is 3. The number of hydrogen-bond acceptors (Lipinski definition) is 7. The van der Waals surface area contributed by atoms with E-state index in [1.807, 2.05) is 25.1 Å². The van der Waals surface area contributed by atoms with Gasteiger partial charge >= 0.3 is 12.3 Å². The van der Waals surface area contributed by atoms with Gasteiger partial charge in [0.15, 0.2) is 0 Å². The van der Waals surface area contributed by atoms with Gasteiger partial charge in [0, 0.05) is 18.1 Å². The van der Waals surface area contributed by atoms with Gasteiger partial charge in [-0.25, -0.2) is 19.7 Å². The number of anilines is 2. The Hall–Kier alpha value is -3.25. The number of aryl methyl sites for hydroxylation is 1. The minimum Gasteiger partial charge on any atom is -0.450 e. The van der Waals surface area contributed by atoms with Crippen molar-refractivity contribution in [3.8, 4) is 10.4 Å². The van der Waals surface area contributed by atoms with E-state index in [1.165, 1.54) is 17.8 Å². The molecule has 0 bridgehead atoms. The Morgan fingerprint density at radius 1 is 1.14 bits per heavy atom. The van der Waals surface area contributed by atoms with E-state index in [-0.39, 0.29) is 11.9 Å². The summed E-state index contributed by atoms with van der Waals surface area (Å²) < 4.78 is 38.7. The number of aromatic nitrogens is 3. The summed E-state index contributed by atoms with van der Waals surface area (Å²) in [6.45, 7) is 1.90. The molecule has 1 aliphatic rings. The predicted octanol–water partition coefficient (Wildman–Crippen LogP) is 6.51. The number of nitrogens with zero attached hydrogens (tertiary/aromatic N) is 3. The zero-order valence-electron chi connectivity index (χ0n) is 18.8. The molecular formula is C23H25F3N4O4S. The van der Waals surface area contributed by atoms with Crippen molar-refractivity contribution in [3.05, 3.63) is 52.9 Å². The van der Waals surface area contributed by atoms with Gasteiger partial charge in [-0.3, -0.25) is 0 Å². The van der Waals surface area contributed by atoms with Crippen LogP contribution >= 0.6 is 11.3 Å². The van der Waals surface area contributed by atoms with Gasteiger partial charge in [-0.05, 0) is 55.0 Å². The summed E-state index contributed by atoms with van der Waals surface area (Å²) in [5, 5.41) is 28.2. The Bertz CT molecular complexity index is 1150. The lowest BCUT2D eigenvalue weighted by Gasteiger charge is -2.25. The molecule has 4 N–H and O–H groups in total. The smallest absolute Gasteiger partial charge is 0.450 e. The molecule has 12 heteroatoms. The number of nitrogens with one attached hydrogen (secondary N) is 1. The summed E-state index contributed by atoms with van der Waals surface area (Å²) >= 11 is 1.45. The normalized spacial score (nSPS) is 15.1. The first-order chi connectivity index (χ1) is 16.5. The summed E-state index contributed by atoms with van der Waals surface area (Å²) in [5.74, 6) is 0.129. The first-order valence-corrected chi connectivity index (χ1v) is 11.7. The van der Waals surface area contributed by atoms with Crippen LogP contribution in [0.5, 0.6) is 0 Å². The molecule has 1 aromatic carbocycles. The molecule has 3 aromatic rings. The molecule has 2 aromatic heterocycles. The molecule has 35 heavy (non-hydrogen) atoms. The van der Waals surface area contributed by atoms with E-state index in [1.54, 1.807) is 6.20 Å². The molecule has 1 unspecified atom stereocenters.